The van der Waals surface area contributed by atoms with Gasteiger partial charge in [0.05, 0.1) is 11.4 Å². The van der Waals surface area contributed by atoms with E-state index in [0.717, 1.165) is 11.4 Å². The highest BCUT2D eigenvalue weighted by molar-refractivity contribution is 7.98. The van der Waals surface area contributed by atoms with Crippen molar-refractivity contribution in [3.05, 3.63) is 88.5 Å². The summed E-state index contributed by atoms with van der Waals surface area (Å²) in [6, 6.07) is 12.0. The molecule has 1 N–H and O–H groups in total. The largest absolute Gasteiger partial charge is 0.320 e. The van der Waals surface area contributed by atoms with Crippen molar-refractivity contribution in [2.24, 2.45) is 0 Å². The van der Waals surface area contributed by atoms with Gasteiger partial charge in [-0.2, -0.15) is 0 Å². The van der Waals surface area contributed by atoms with Crippen molar-refractivity contribution in [2.75, 3.05) is 5.32 Å². The molecule has 0 aliphatic rings. The molecule has 0 saturated heterocycles. The van der Waals surface area contributed by atoms with E-state index in [9.17, 15) is 13.6 Å². The van der Waals surface area contributed by atoms with Crippen LogP contribution in [0.15, 0.2) is 53.7 Å². The van der Waals surface area contributed by atoms with Gasteiger partial charge < -0.3 is 5.32 Å². The van der Waals surface area contributed by atoms with E-state index in [0.29, 0.717) is 27.8 Å². The number of carbonyl (C=O) groups is 1. The molecule has 0 spiro atoms. The lowest BCUT2D eigenvalue weighted by atomic mass is 10.2. The minimum atomic E-state index is -0.538. The molecule has 0 atom stereocenters. The maximum absolute atomic E-state index is 13.9. The summed E-state index contributed by atoms with van der Waals surface area (Å²) in [5.74, 6) is -1.08. The molecule has 0 saturated carbocycles. The number of carbonyl (C=O) groups excluding carboxylic acids is 1. The SMILES string of the molecule is Cc1cc(C)nc(SCc2c(C(=O)Nc3ccc(C)c(F)c3)nnn2-c2ccc(F)cc2)n1. The molecule has 7 nitrogen and oxygen atoms in total. The number of hydrogen-bond donors (Lipinski definition) is 1. The molecular weight excluding hydrogens is 446 g/mol. The van der Waals surface area contributed by atoms with Crippen LogP contribution in [0, 0.1) is 32.4 Å². The fourth-order valence-electron chi connectivity index (χ4n) is 3.15. The van der Waals surface area contributed by atoms with Crippen LogP contribution in [-0.4, -0.2) is 30.9 Å². The molecule has 0 bridgehead atoms. The number of thioether (sulfide) groups is 1. The number of nitrogens with zero attached hydrogens (tertiary/aromatic N) is 5. The summed E-state index contributed by atoms with van der Waals surface area (Å²) in [5.41, 5.74) is 3.51. The van der Waals surface area contributed by atoms with Gasteiger partial charge in [-0.15, -0.1) is 5.10 Å². The molecule has 168 valence electrons. The topological polar surface area (TPSA) is 85.6 Å². The molecule has 33 heavy (non-hydrogen) atoms. The highest BCUT2D eigenvalue weighted by atomic mass is 32.2. The van der Waals surface area contributed by atoms with E-state index in [1.54, 1.807) is 31.2 Å². The summed E-state index contributed by atoms with van der Waals surface area (Å²) in [4.78, 5) is 21.8. The van der Waals surface area contributed by atoms with E-state index >= 15 is 0 Å². The predicted molar refractivity (Wildman–Crippen MR) is 121 cm³/mol. The minimum absolute atomic E-state index is 0.0668. The van der Waals surface area contributed by atoms with Gasteiger partial charge in [0.2, 0.25) is 0 Å². The summed E-state index contributed by atoms with van der Waals surface area (Å²) in [7, 11) is 0. The zero-order chi connectivity index (χ0) is 23.5. The summed E-state index contributed by atoms with van der Waals surface area (Å²) in [6.07, 6.45) is 0. The van der Waals surface area contributed by atoms with Crippen molar-refractivity contribution in [1.82, 2.24) is 25.0 Å². The molecule has 0 unspecified atom stereocenters. The molecule has 0 radical (unpaired) electrons. The third-order valence-corrected chi connectivity index (χ3v) is 5.64. The lowest BCUT2D eigenvalue weighted by molar-refractivity contribution is 0.102. The van der Waals surface area contributed by atoms with Crippen LogP contribution in [-0.2, 0) is 5.75 Å². The summed E-state index contributed by atoms with van der Waals surface area (Å²) in [5, 5.41) is 11.4. The molecule has 4 rings (SSSR count). The standard InChI is InChI=1S/C23H20F2N6OS/c1-13-4-7-17(11-19(13)25)28-22(32)21-20(12-33-23-26-14(2)10-15(3)27-23)31(30-29-21)18-8-5-16(24)6-9-18/h4-11H,12H2,1-3H3,(H,28,32). The van der Waals surface area contributed by atoms with Crippen molar-refractivity contribution < 1.29 is 13.6 Å². The highest BCUT2D eigenvalue weighted by Gasteiger charge is 2.22. The molecule has 4 aromatic rings. The van der Waals surface area contributed by atoms with Crippen molar-refractivity contribution in [3.8, 4) is 5.69 Å². The Morgan fingerprint density at radius 3 is 2.36 bits per heavy atom. The number of amides is 1. The first-order valence-electron chi connectivity index (χ1n) is 10.0. The van der Waals surface area contributed by atoms with E-state index in [1.807, 2.05) is 19.9 Å². The molecule has 0 aliphatic heterocycles. The van der Waals surface area contributed by atoms with Crippen LogP contribution in [0.1, 0.15) is 33.1 Å². The first kappa shape index (κ1) is 22.5. The van der Waals surface area contributed by atoms with Crippen molar-refractivity contribution in [1.29, 1.82) is 0 Å². The van der Waals surface area contributed by atoms with E-state index in [4.69, 9.17) is 0 Å². The van der Waals surface area contributed by atoms with Gasteiger partial charge in [-0.25, -0.2) is 23.4 Å². The first-order chi connectivity index (χ1) is 15.8. The van der Waals surface area contributed by atoms with Crippen molar-refractivity contribution in [3.63, 3.8) is 0 Å². The second-order valence-corrected chi connectivity index (χ2v) is 8.36. The van der Waals surface area contributed by atoms with Crippen LogP contribution in [0.4, 0.5) is 14.5 Å². The van der Waals surface area contributed by atoms with Crippen LogP contribution in [0.5, 0.6) is 0 Å². The van der Waals surface area contributed by atoms with Gasteiger partial charge in [-0.3, -0.25) is 4.79 Å². The molecule has 0 fully saturated rings. The Kier molecular flexibility index (Phi) is 6.45. The number of benzene rings is 2. The maximum Gasteiger partial charge on any atom is 0.278 e. The molecule has 1 amide bonds. The van der Waals surface area contributed by atoms with E-state index in [2.05, 4.69) is 25.6 Å². The third kappa shape index (κ3) is 5.23. The second-order valence-electron chi connectivity index (χ2n) is 7.41. The van der Waals surface area contributed by atoms with Gasteiger partial charge in [-0.05, 0) is 68.8 Å². The van der Waals surface area contributed by atoms with Gasteiger partial charge in [0, 0.05) is 22.8 Å². The fourth-order valence-corrected chi connectivity index (χ4v) is 4.09. The summed E-state index contributed by atoms with van der Waals surface area (Å²) < 4.78 is 28.8. The summed E-state index contributed by atoms with van der Waals surface area (Å²) >= 11 is 1.32. The lowest BCUT2D eigenvalue weighted by Crippen LogP contribution is -2.15. The monoisotopic (exact) mass is 466 g/mol. The van der Waals surface area contributed by atoms with Crippen LogP contribution in [0.25, 0.3) is 5.69 Å². The average molecular weight is 467 g/mol. The Labute approximate surface area is 193 Å². The quantitative estimate of drug-likeness (QED) is 0.324. The summed E-state index contributed by atoms with van der Waals surface area (Å²) in [6.45, 7) is 5.39. The van der Waals surface area contributed by atoms with Crippen molar-refractivity contribution in [2.45, 2.75) is 31.7 Å². The number of halogens is 2. The van der Waals surface area contributed by atoms with Gasteiger partial charge in [-0.1, -0.05) is 23.0 Å². The van der Waals surface area contributed by atoms with Gasteiger partial charge >= 0.3 is 0 Å². The number of hydrogen-bond acceptors (Lipinski definition) is 6. The van der Waals surface area contributed by atoms with Gasteiger partial charge in [0.25, 0.3) is 5.91 Å². The highest BCUT2D eigenvalue weighted by Crippen LogP contribution is 2.24. The van der Waals surface area contributed by atoms with E-state index in [-0.39, 0.29) is 11.4 Å². The Balaban J connectivity index is 1.67. The maximum atomic E-state index is 13.9. The first-order valence-corrected chi connectivity index (χ1v) is 11.0. The number of rotatable bonds is 6. The number of aryl methyl sites for hydroxylation is 3. The van der Waals surface area contributed by atoms with Crippen LogP contribution < -0.4 is 5.32 Å². The lowest BCUT2D eigenvalue weighted by Gasteiger charge is -2.09. The molecule has 2 heterocycles. The van der Waals surface area contributed by atoms with E-state index in [1.165, 1.54) is 34.6 Å². The normalized spacial score (nSPS) is 10.9. The van der Waals surface area contributed by atoms with Gasteiger partial charge in [0.1, 0.15) is 11.6 Å². The number of aromatic nitrogens is 5. The minimum Gasteiger partial charge on any atom is -0.320 e. The van der Waals surface area contributed by atoms with Crippen LogP contribution >= 0.6 is 11.8 Å². The predicted octanol–water partition coefficient (Wildman–Crippen LogP) is 4.81. The number of nitrogens with one attached hydrogen (secondary N) is 1. The zero-order valence-corrected chi connectivity index (χ0v) is 19.0. The van der Waals surface area contributed by atoms with Crippen LogP contribution in [0.2, 0.25) is 0 Å². The number of anilines is 1. The molecule has 2 aromatic carbocycles. The molecule has 10 heteroatoms. The Morgan fingerprint density at radius 2 is 1.70 bits per heavy atom. The van der Waals surface area contributed by atoms with E-state index < -0.39 is 17.5 Å². The average Bonchev–Trinajstić information content (AvgIpc) is 3.19. The molecular formula is C23H20F2N6OS. The Morgan fingerprint density at radius 1 is 1.00 bits per heavy atom. The Bertz CT molecular complexity index is 1300. The molecule has 0 aliphatic carbocycles. The van der Waals surface area contributed by atoms with Crippen molar-refractivity contribution >= 4 is 23.4 Å². The molecule has 2 aromatic heterocycles. The van der Waals surface area contributed by atoms with Crippen LogP contribution in [0.3, 0.4) is 0 Å². The van der Waals surface area contributed by atoms with Gasteiger partial charge in [0.15, 0.2) is 10.9 Å². The second kappa shape index (κ2) is 9.45. The third-order valence-electron chi connectivity index (χ3n) is 4.78. The zero-order valence-electron chi connectivity index (χ0n) is 18.1. The Hall–Kier alpha value is -3.66. The fraction of sp³-hybridized carbons (Fsp3) is 0.174. The smallest absolute Gasteiger partial charge is 0.278 e.